The minimum atomic E-state index is 0.490. The summed E-state index contributed by atoms with van der Waals surface area (Å²) in [7, 11) is 0. The summed E-state index contributed by atoms with van der Waals surface area (Å²) in [5.74, 6) is 1.93. The Balaban J connectivity index is 1.72. The molecule has 1 aliphatic carbocycles. The van der Waals surface area contributed by atoms with Crippen LogP contribution in [0.25, 0.3) is 22.4 Å². The van der Waals surface area contributed by atoms with E-state index in [4.69, 9.17) is 4.52 Å². The van der Waals surface area contributed by atoms with Crippen molar-refractivity contribution in [1.82, 2.24) is 19.7 Å². The molecule has 5 nitrogen and oxygen atoms in total. The number of aromatic nitrogens is 4. The molecule has 0 saturated heterocycles. The first-order valence-electron chi connectivity index (χ1n) is 7.14. The van der Waals surface area contributed by atoms with E-state index in [0.717, 1.165) is 35.5 Å². The number of hydrogen-bond acceptors (Lipinski definition) is 4. The van der Waals surface area contributed by atoms with Gasteiger partial charge in [-0.05, 0) is 37.5 Å². The van der Waals surface area contributed by atoms with Crippen molar-refractivity contribution in [3.63, 3.8) is 0 Å². The molecule has 0 spiro atoms. The first kappa shape index (κ1) is 11.6. The van der Waals surface area contributed by atoms with Gasteiger partial charge in [0.1, 0.15) is 0 Å². The molecule has 1 saturated carbocycles. The Morgan fingerprint density at radius 1 is 1.35 bits per heavy atom. The normalized spacial score (nSPS) is 15.1. The van der Waals surface area contributed by atoms with Crippen LogP contribution in [-0.2, 0) is 6.54 Å². The summed E-state index contributed by atoms with van der Waals surface area (Å²) in [5.41, 5.74) is 3.10. The van der Waals surface area contributed by atoms with Gasteiger partial charge in [-0.15, -0.1) is 0 Å². The van der Waals surface area contributed by atoms with Gasteiger partial charge in [-0.25, -0.2) is 4.98 Å². The SMILES string of the molecule is CCCn1cnc2cc(-c3noc(C4CC4)n3)ccc21. The number of rotatable bonds is 4. The van der Waals surface area contributed by atoms with Gasteiger partial charge in [0.15, 0.2) is 0 Å². The highest BCUT2D eigenvalue weighted by atomic mass is 16.5. The molecule has 0 bridgehead atoms. The lowest BCUT2D eigenvalue weighted by Crippen LogP contribution is -1.93. The molecule has 1 aliphatic rings. The maximum atomic E-state index is 5.31. The molecule has 20 heavy (non-hydrogen) atoms. The molecule has 0 unspecified atom stereocenters. The van der Waals surface area contributed by atoms with Gasteiger partial charge in [0.05, 0.1) is 17.4 Å². The minimum absolute atomic E-state index is 0.490. The Labute approximate surface area is 116 Å². The first-order valence-corrected chi connectivity index (χ1v) is 7.14. The Morgan fingerprint density at radius 3 is 3.05 bits per heavy atom. The number of aryl methyl sites for hydroxylation is 1. The second-order valence-corrected chi connectivity index (χ2v) is 5.37. The first-order chi connectivity index (χ1) is 9.85. The van der Waals surface area contributed by atoms with E-state index in [1.54, 1.807) is 0 Å². The monoisotopic (exact) mass is 268 g/mol. The second kappa shape index (κ2) is 4.44. The molecule has 102 valence electrons. The van der Waals surface area contributed by atoms with Gasteiger partial charge in [-0.3, -0.25) is 0 Å². The van der Waals surface area contributed by atoms with Crippen molar-refractivity contribution in [3.8, 4) is 11.4 Å². The quantitative estimate of drug-likeness (QED) is 0.728. The van der Waals surface area contributed by atoms with E-state index in [-0.39, 0.29) is 0 Å². The van der Waals surface area contributed by atoms with Crippen molar-refractivity contribution in [2.24, 2.45) is 0 Å². The fourth-order valence-corrected chi connectivity index (χ4v) is 2.47. The van der Waals surface area contributed by atoms with E-state index >= 15 is 0 Å². The minimum Gasteiger partial charge on any atom is -0.339 e. The molecule has 2 heterocycles. The lowest BCUT2D eigenvalue weighted by Gasteiger charge is -2.01. The number of benzene rings is 1. The molecule has 0 aliphatic heterocycles. The molecule has 1 aromatic carbocycles. The van der Waals surface area contributed by atoms with E-state index in [1.165, 1.54) is 12.8 Å². The Hall–Kier alpha value is -2.17. The molecule has 0 atom stereocenters. The van der Waals surface area contributed by atoms with Crippen LogP contribution in [0.4, 0.5) is 0 Å². The average Bonchev–Trinajstić information content (AvgIpc) is 3.07. The van der Waals surface area contributed by atoms with Gasteiger partial charge in [-0.1, -0.05) is 12.1 Å². The third-order valence-corrected chi connectivity index (χ3v) is 3.71. The van der Waals surface area contributed by atoms with Gasteiger partial charge in [0.2, 0.25) is 11.7 Å². The van der Waals surface area contributed by atoms with Gasteiger partial charge >= 0.3 is 0 Å². The molecular weight excluding hydrogens is 252 g/mol. The van der Waals surface area contributed by atoms with Crippen LogP contribution in [-0.4, -0.2) is 19.7 Å². The fraction of sp³-hybridized carbons (Fsp3) is 0.400. The third kappa shape index (κ3) is 1.90. The highest BCUT2D eigenvalue weighted by Crippen LogP contribution is 2.39. The smallest absolute Gasteiger partial charge is 0.230 e. The molecule has 0 amide bonds. The van der Waals surface area contributed by atoms with Crippen LogP contribution in [0.1, 0.15) is 38.0 Å². The number of hydrogen-bond donors (Lipinski definition) is 0. The van der Waals surface area contributed by atoms with Crippen molar-refractivity contribution in [3.05, 3.63) is 30.4 Å². The molecule has 2 aromatic heterocycles. The van der Waals surface area contributed by atoms with Crippen molar-refractivity contribution in [1.29, 1.82) is 0 Å². The highest BCUT2D eigenvalue weighted by Gasteiger charge is 2.29. The van der Waals surface area contributed by atoms with E-state index in [1.807, 2.05) is 18.5 Å². The van der Waals surface area contributed by atoms with Crippen LogP contribution in [0.15, 0.2) is 29.0 Å². The summed E-state index contributed by atoms with van der Waals surface area (Å²) in [6.45, 7) is 3.16. The Morgan fingerprint density at radius 2 is 2.25 bits per heavy atom. The summed E-state index contributed by atoms with van der Waals surface area (Å²) >= 11 is 0. The fourth-order valence-electron chi connectivity index (χ4n) is 2.47. The predicted octanol–water partition coefficient (Wildman–Crippen LogP) is 3.37. The third-order valence-electron chi connectivity index (χ3n) is 3.71. The van der Waals surface area contributed by atoms with Crippen molar-refractivity contribution >= 4 is 11.0 Å². The van der Waals surface area contributed by atoms with Crippen molar-refractivity contribution in [2.45, 2.75) is 38.6 Å². The molecule has 0 radical (unpaired) electrons. The van der Waals surface area contributed by atoms with Gasteiger partial charge in [0, 0.05) is 18.0 Å². The van der Waals surface area contributed by atoms with Crippen LogP contribution in [0.5, 0.6) is 0 Å². The summed E-state index contributed by atoms with van der Waals surface area (Å²) < 4.78 is 7.48. The maximum Gasteiger partial charge on any atom is 0.230 e. The van der Waals surface area contributed by atoms with Crippen LogP contribution in [0.2, 0.25) is 0 Å². The molecule has 3 aromatic rings. The maximum absolute atomic E-state index is 5.31. The average molecular weight is 268 g/mol. The predicted molar refractivity (Wildman–Crippen MR) is 75.3 cm³/mol. The summed E-state index contributed by atoms with van der Waals surface area (Å²) in [4.78, 5) is 8.93. The highest BCUT2D eigenvalue weighted by molar-refractivity contribution is 5.80. The van der Waals surface area contributed by atoms with Crippen molar-refractivity contribution < 1.29 is 4.52 Å². The van der Waals surface area contributed by atoms with E-state index in [9.17, 15) is 0 Å². The van der Waals surface area contributed by atoms with Gasteiger partial charge in [-0.2, -0.15) is 4.98 Å². The zero-order valence-corrected chi connectivity index (χ0v) is 11.4. The standard InChI is InChI=1S/C15H16N4O/c1-2-7-19-9-16-12-8-11(5-6-13(12)19)14-17-15(20-18-14)10-3-4-10/h5-6,8-10H,2-4,7H2,1H3. The summed E-state index contributed by atoms with van der Waals surface area (Å²) in [6.07, 6.45) is 5.33. The molecule has 1 fully saturated rings. The number of imidazole rings is 1. The van der Waals surface area contributed by atoms with Crippen LogP contribution >= 0.6 is 0 Å². The van der Waals surface area contributed by atoms with Crippen LogP contribution < -0.4 is 0 Å². The van der Waals surface area contributed by atoms with E-state index in [0.29, 0.717) is 11.7 Å². The van der Waals surface area contributed by atoms with E-state index in [2.05, 4.69) is 32.7 Å². The zero-order chi connectivity index (χ0) is 13.5. The van der Waals surface area contributed by atoms with Gasteiger partial charge in [0.25, 0.3) is 0 Å². The summed E-state index contributed by atoms with van der Waals surface area (Å²) in [6, 6.07) is 6.15. The second-order valence-electron chi connectivity index (χ2n) is 5.37. The summed E-state index contributed by atoms with van der Waals surface area (Å²) in [5, 5.41) is 4.08. The van der Waals surface area contributed by atoms with Crippen LogP contribution in [0.3, 0.4) is 0 Å². The zero-order valence-electron chi connectivity index (χ0n) is 11.4. The lowest BCUT2D eigenvalue weighted by atomic mass is 10.2. The Bertz CT molecular complexity index is 754. The van der Waals surface area contributed by atoms with Gasteiger partial charge < -0.3 is 9.09 Å². The molecule has 5 heteroatoms. The lowest BCUT2D eigenvalue weighted by molar-refractivity contribution is 0.380. The Kier molecular flexibility index (Phi) is 2.58. The largest absolute Gasteiger partial charge is 0.339 e. The number of nitrogens with zero attached hydrogens (tertiary/aromatic N) is 4. The number of fused-ring (bicyclic) bond motifs is 1. The van der Waals surface area contributed by atoms with Crippen molar-refractivity contribution in [2.75, 3.05) is 0 Å². The van der Waals surface area contributed by atoms with E-state index < -0.39 is 0 Å². The topological polar surface area (TPSA) is 56.7 Å². The molecule has 4 rings (SSSR count). The molecule has 0 N–H and O–H groups in total. The van der Waals surface area contributed by atoms with Crippen LogP contribution in [0, 0.1) is 0 Å². The molecular formula is C15H16N4O.